The lowest BCUT2D eigenvalue weighted by molar-refractivity contribution is -0.142. The molecule has 4 aromatic rings. The van der Waals surface area contributed by atoms with Crippen molar-refractivity contribution < 1.29 is 14.6 Å². The maximum Gasteiger partial charge on any atom is 0.183 e. The number of hydrogen-bond acceptors (Lipinski definition) is 5. The van der Waals surface area contributed by atoms with Crippen LogP contribution in [0.3, 0.4) is 0 Å². The maximum atomic E-state index is 11.1. The van der Waals surface area contributed by atoms with Crippen LogP contribution in [-0.4, -0.2) is 18.2 Å². The SMILES string of the molecule is CCc1cc2c(cc1Nc1ccc(C)cc1C)C1(OC(O)c3ccccc31)c1ccc(N(CC)CC)cc1O2. The minimum Gasteiger partial charge on any atom is -0.456 e. The summed E-state index contributed by atoms with van der Waals surface area (Å²) < 4.78 is 13.3. The molecule has 2 heterocycles. The number of aliphatic hydroxyl groups is 1. The summed E-state index contributed by atoms with van der Waals surface area (Å²) in [5.74, 6) is 1.51. The van der Waals surface area contributed by atoms with E-state index in [0.717, 1.165) is 75.9 Å². The first-order chi connectivity index (χ1) is 18.9. The van der Waals surface area contributed by atoms with Gasteiger partial charge in [0.2, 0.25) is 0 Å². The van der Waals surface area contributed by atoms with Crippen molar-refractivity contribution in [3.05, 3.63) is 112 Å². The number of anilines is 3. The fraction of sp³-hybridized carbons (Fsp3) is 0.294. The summed E-state index contributed by atoms with van der Waals surface area (Å²) in [6.07, 6.45) is -0.201. The molecule has 2 aliphatic rings. The summed E-state index contributed by atoms with van der Waals surface area (Å²) in [6.45, 7) is 12.5. The Kier molecular flexibility index (Phi) is 6.37. The first kappa shape index (κ1) is 25.5. The Hall–Kier alpha value is -3.80. The van der Waals surface area contributed by atoms with E-state index >= 15 is 0 Å². The molecule has 0 saturated heterocycles. The molecule has 0 fully saturated rings. The summed E-state index contributed by atoms with van der Waals surface area (Å²) in [7, 11) is 0. The van der Waals surface area contributed by atoms with E-state index in [0.29, 0.717) is 0 Å². The summed E-state index contributed by atoms with van der Waals surface area (Å²) in [6, 6.07) is 25.0. The number of hydrogen-bond donors (Lipinski definition) is 2. The van der Waals surface area contributed by atoms with Crippen LogP contribution in [0.2, 0.25) is 0 Å². The number of aliphatic hydroxyl groups excluding tert-OH is 1. The average Bonchev–Trinajstić information content (AvgIpc) is 3.23. The number of rotatable bonds is 6. The number of aryl methyl sites for hydroxylation is 3. The molecule has 0 bridgehead atoms. The predicted octanol–water partition coefficient (Wildman–Crippen LogP) is 7.87. The van der Waals surface area contributed by atoms with E-state index in [2.05, 4.69) is 99.4 Å². The van der Waals surface area contributed by atoms with Crippen molar-refractivity contribution in [3.63, 3.8) is 0 Å². The molecule has 39 heavy (non-hydrogen) atoms. The molecule has 5 nitrogen and oxygen atoms in total. The molecular weight excluding hydrogens is 484 g/mol. The molecule has 1 spiro atoms. The third kappa shape index (κ3) is 4.00. The van der Waals surface area contributed by atoms with E-state index in [4.69, 9.17) is 9.47 Å². The molecule has 0 aromatic heterocycles. The van der Waals surface area contributed by atoms with E-state index in [-0.39, 0.29) is 0 Å². The van der Waals surface area contributed by atoms with Gasteiger partial charge in [-0.25, -0.2) is 0 Å². The summed E-state index contributed by atoms with van der Waals surface area (Å²) >= 11 is 0. The highest BCUT2D eigenvalue weighted by Crippen LogP contribution is 2.59. The van der Waals surface area contributed by atoms with E-state index in [9.17, 15) is 5.11 Å². The minimum absolute atomic E-state index is 0.756. The maximum absolute atomic E-state index is 11.1. The van der Waals surface area contributed by atoms with Gasteiger partial charge < -0.3 is 24.8 Å². The van der Waals surface area contributed by atoms with Crippen molar-refractivity contribution in [1.29, 1.82) is 0 Å². The van der Waals surface area contributed by atoms with Gasteiger partial charge in [0.1, 0.15) is 11.5 Å². The summed E-state index contributed by atoms with van der Waals surface area (Å²) in [5.41, 5.74) is 9.28. The Labute approximate surface area is 231 Å². The molecule has 0 amide bonds. The lowest BCUT2D eigenvalue weighted by atomic mass is 9.77. The molecule has 2 N–H and O–H groups in total. The number of ether oxygens (including phenoxy) is 2. The quantitative estimate of drug-likeness (QED) is 0.271. The molecule has 200 valence electrons. The minimum atomic E-state index is -1.04. The third-order valence-electron chi connectivity index (χ3n) is 8.20. The second-order valence-electron chi connectivity index (χ2n) is 10.5. The van der Waals surface area contributed by atoms with Crippen LogP contribution in [0, 0.1) is 13.8 Å². The Morgan fingerprint density at radius 3 is 2.33 bits per heavy atom. The number of fused-ring (bicyclic) bond motifs is 6. The summed E-state index contributed by atoms with van der Waals surface area (Å²) in [5, 5.41) is 14.8. The van der Waals surface area contributed by atoms with Gasteiger partial charge in [-0.1, -0.05) is 48.9 Å². The molecule has 0 radical (unpaired) electrons. The smallest absolute Gasteiger partial charge is 0.183 e. The van der Waals surface area contributed by atoms with Crippen LogP contribution in [0.5, 0.6) is 11.5 Å². The highest BCUT2D eigenvalue weighted by molar-refractivity contribution is 5.74. The standard InChI is InChI=1S/C34H36N2O3/c1-6-23-18-31-28(20-30(23)35-29-16-13-21(4)17-22(29)5)34(26-12-10-9-11-25(26)33(37)39-34)27-15-14-24(19-32(27)38-31)36(7-2)8-3/h9-20,33,35,37H,6-8H2,1-5H3. The van der Waals surface area contributed by atoms with Crippen LogP contribution in [0.15, 0.2) is 72.8 Å². The van der Waals surface area contributed by atoms with Gasteiger partial charge in [0, 0.05) is 58.5 Å². The normalized spacial score (nSPS) is 18.8. The van der Waals surface area contributed by atoms with Crippen LogP contribution in [0.1, 0.15) is 66.0 Å². The molecule has 2 aliphatic heterocycles. The van der Waals surface area contributed by atoms with E-state index in [1.807, 2.05) is 18.2 Å². The van der Waals surface area contributed by atoms with Crippen molar-refractivity contribution >= 4 is 17.1 Å². The third-order valence-corrected chi connectivity index (χ3v) is 8.20. The molecule has 0 saturated carbocycles. The van der Waals surface area contributed by atoms with Crippen molar-refractivity contribution in [2.75, 3.05) is 23.3 Å². The molecule has 6 rings (SSSR count). The monoisotopic (exact) mass is 520 g/mol. The largest absolute Gasteiger partial charge is 0.456 e. The predicted molar refractivity (Wildman–Crippen MR) is 157 cm³/mol. The second-order valence-corrected chi connectivity index (χ2v) is 10.5. The van der Waals surface area contributed by atoms with Gasteiger partial charge in [0.25, 0.3) is 0 Å². The average molecular weight is 521 g/mol. The van der Waals surface area contributed by atoms with Crippen molar-refractivity contribution in [3.8, 4) is 11.5 Å². The van der Waals surface area contributed by atoms with Crippen molar-refractivity contribution in [2.24, 2.45) is 0 Å². The zero-order valence-electron chi connectivity index (χ0n) is 23.3. The molecule has 2 unspecified atom stereocenters. The zero-order chi connectivity index (χ0) is 27.3. The lowest BCUT2D eigenvalue weighted by Crippen LogP contribution is -2.33. The van der Waals surface area contributed by atoms with Gasteiger partial charge >= 0.3 is 0 Å². The van der Waals surface area contributed by atoms with Crippen molar-refractivity contribution in [2.45, 2.75) is 52.9 Å². The fourth-order valence-corrected chi connectivity index (χ4v) is 6.17. The Bertz CT molecular complexity index is 1560. The Balaban J connectivity index is 1.58. The molecule has 5 heteroatoms. The van der Waals surface area contributed by atoms with Gasteiger partial charge in [-0.2, -0.15) is 0 Å². The molecular formula is C34H36N2O3. The van der Waals surface area contributed by atoms with Gasteiger partial charge in [0.15, 0.2) is 11.9 Å². The first-order valence-electron chi connectivity index (χ1n) is 13.9. The van der Waals surface area contributed by atoms with Crippen LogP contribution < -0.4 is 15.0 Å². The topological polar surface area (TPSA) is 54.0 Å². The van der Waals surface area contributed by atoms with E-state index < -0.39 is 11.9 Å². The van der Waals surface area contributed by atoms with Gasteiger partial charge in [-0.3, -0.25) is 0 Å². The van der Waals surface area contributed by atoms with Gasteiger partial charge in [0.05, 0.1) is 0 Å². The zero-order valence-corrected chi connectivity index (χ0v) is 23.3. The number of nitrogens with one attached hydrogen (secondary N) is 1. The molecule has 4 aromatic carbocycles. The van der Waals surface area contributed by atoms with E-state index in [1.165, 1.54) is 11.1 Å². The van der Waals surface area contributed by atoms with Crippen LogP contribution in [-0.2, 0) is 16.8 Å². The Morgan fingerprint density at radius 1 is 0.821 bits per heavy atom. The lowest BCUT2D eigenvalue weighted by Gasteiger charge is -2.38. The second kappa shape index (κ2) is 9.74. The first-order valence-corrected chi connectivity index (χ1v) is 13.9. The number of nitrogens with zero attached hydrogens (tertiary/aromatic N) is 1. The molecule has 2 atom stereocenters. The highest BCUT2D eigenvalue weighted by atomic mass is 16.6. The van der Waals surface area contributed by atoms with Crippen LogP contribution in [0.25, 0.3) is 0 Å². The van der Waals surface area contributed by atoms with Crippen LogP contribution in [0.4, 0.5) is 17.1 Å². The van der Waals surface area contributed by atoms with Crippen molar-refractivity contribution in [1.82, 2.24) is 0 Å². The van der Waals surface area contributed by atoms with Gasteiger partial charge in [-0.15, -0.1) is 0 Å². The van der Waals surface area contributed by atoms with Gasteiger partial charge in [-0.05, 0) is 75.6 Å². The van der Waals surface area contributed by atoms with E-state index in [1.54, 1.807) is 0 Å². The number of benzene rings is 4. The highest BCUT2D eigenvalue weighted by Gasteiger charge is 2.52. The van der Waals surface area contributed by atoms with Crippen LogP contribution >= 0.6 is 0 Å². The summed E-state index contributed by atoms with van der Waals surface area (Å²) in [4.78, 5) is 2.30. The molecule has 0 aliphatic carbocycles. The fourth-order valence-electron chi connectivity index (χ4n) is 6.17. The Morgan fingerprint density at radius 2 is 1.59 bits per heavy atom.